The van der Waals surface area contributed by atoms with Crippen molar-refractivity contribution in [2.45, 2.75) is 47.1 Å². The third-order valence-electron chi connectivity index (χ3n) is 5.97. The molecule has 1 N–H and O–H groups in total. The van der Waals surface area contributed by atoms with E-state index in [0.717, 1.165) is 16.8 Å². The van der Waals surface area contributed by atoms with E-state index in [2.05, 4.69) is 15.5 Å². The van der Waals surface area contributed by atoms with Crippen molar-refractivity contribution in [1.29, 1.82) is 0 Å². The normalized spacial score (nSPS) is 11.2. The minimum absolute atomic E-state index is 0.00948. The fraction of sp³-hybridized carbons (Fsp3) is 0.296. The summed E-state index contributed by atoms with van der Waals surface area (Å²) in [5.41, 5.74) is 4.54. The monoisotopic (exact) mass is 487 g/mol. The van der Waals surface area contributed by atoms with Gasteiger partial charge >= 0.3 is 5.97 Å². The van der Waals surface area contributed by atoms with E-state index in [9.17, 15) is 14.4 Å². The molecule has 1 amide bonds. The third-order valence-corrected chi connectivity index (χ3v) is 5.97. The van der Waals surface area contributed by atoms with Crippen LogP contribution in [0.4, 0.5) is 5.69 Å². The molecular weight excluding hydrogens is 458 g/mol. The smallest absolute Gasteiger partial charge is 0.338 e. The number of carbonyl (C=O) groups is 2. The summed E-state index contributed by atoms with van der Waals surface area (Å²) in [7, 11) is 0. The Balaban J connectivity index is 1.66. The molecule has 2 heterocycles. The van der Waals surface area contributed by atoms with E-state index in [-0.39, 0.29) is 19.1 Å². The van der Waals surface area contributed by atoms with Crippen molar-refractivity contribution in [2.24, 2.45) is 0 Å². The summed E-state index contributed by atoms with van der Waals surface area (Å²) < 4.78 is 7.77. The van der Waals surface area contributed by atoms with E-state index >= 15 is 0 Å². The van der Waals surface area contributed by atoms with Crippen LogP contribution in [0.1, 0.15) is 53.9 Å². The highest BCUT2D eigenvalue weighted by molar-refractivity contribution is 5.93. The average molecular weight is 488 g/mol. The van der Waals surface area contributed by atoms with Gasteiger partial charge in [-0.25, -0.2) is 14.2 Å². The van der Waals surface area contributed by atoms with Gasteiger partial charge in [-0.15, -0.1) is 0 Å². The number of anilines is 1. The number of fused-ring (bicyclic) bond motifs is 1. The molecule has 36 heavy (non-hydrogen) atoms. The Morgan fingerprint density at radius 2 is 1.78 bits per heavy atom. The lowest BCUT2D eigenvalue weighted by Gasteiger charge is -2.13. The van der Waals surface area contributed by atoms with E-state index in [1.165, 1.54) is 4.68 Å². The molecular formula is C27H29N5O4. The number of rotatable bonds is 7. The van der Waals surface area contributed by atoms with Gasteiger partial charge in [0.2, 0.25) is 5.91 Å². The van der Waals surface area contributed by atoms with Crippen molar-refractivity contribution in [1.82, 2.24) is 19.6 Å². The van der Waals surface area contributed by atoms with Gasteiger partial charge in [-0.05, 0) is 74.2 Å². The molecule has 186 valence electrons. The number of nitrogens with zero attached hydrogens (tertiary/aromatic N) is 4. The van der Waals surface area contributed by atoms with Crippen LogP contribution < -0.4 is 10.9 Å². The molecule has 0 bridgehead atoms. The summed E-state index contributed by atoms with van der Waals surface area (Å²) in [4.78, 5) is 38.1. The van der Waals surface area contributed by atoms with Crippen LogP contribution in [0.25, 0.3) is 16.6 Å². The summed E-state index contributed by atoms with van der Waals surface area (Å²) in [6.07, 6.45) is 1.66. The topological polar surface area (TPSA) is 108 Å². The molecule has 2 aromatic carbocycles. The second-order valence-corrected chi connectivity index (χ2v) is 8.94. The molecule has 9 heteroatoms. The van der Waals surface area contributed by atoms with Crippen LogP contribution in [0.2, 0.25) is 0 Å². The van der Waals surface area contributed by atoms with Gasteiger partial charge in [0.25, 0.3) is 5.56 Å². The second-order valence-electron chi connectivity index (χ2n) is 8.94. The van der Waals surface area contributed by atoms with E-state index in [4.69, 9.17) is 4.74 Å². The summed E-state index contributed by atoms with van der Waals surface area (Å²) in [5, 5.41) is 12.4. The lowest BCUT2D eigenvalue weighted by molar-refractivity contribution is -0.117. The van der Waals surface area contributed by atoms with Gasteiger partial charge in [0.05, 0.1) is 29.7 Å². The quantitative estimate of drug-likeness (QED) is 0.393. The number of hydrogen-bond acceptors (Lipinski definition) is 6. The lowest BCUT2D eigenvalue weighted by atomic mass is 10.1. The van der Waals surface area contributed by atoms with Crippen molar-refractivity contribution in [3.8, 4) is 5.69 Å². The van der Waals surface area contributed by atoms with Crippen molar-refractivity contribution in [3.05, 3.63) is 81.4 Å². The highest BCUT2D eigenvalue weighted by Crippen LogP contribution is 2.24. The van der Waals surface area contributed by atoms with Crippen LogP contribution in [0.15, 0.2) is 53.5 Å². The van der Waals surface area contributed by atoms with Crippen LogP contribution in [0, 0.1) is 13.8 Å². The summed E-state index contributed by atoms with van der Waals surface area (Å²) in [6.45, 7) is 9.74. The fourth-order valence-electron chi connectivity index (χ4n) is 3.92. The zero-order chi connectivity index (χ0) is 26.0. The van der Waals surface area contributed by atoms with Crippen molar-refractivity contribution >= 4 is 28.5 Å². The minimum atomic E-state index is -0.430. The van der Waals surface area contributed by atoms with Gasteiger partial charge < -0.3 is 10.1 Å². The molecule has 9 nitrogen and oxygen atoms in total. The number of ether oxygens (including phenoxy) is 1. The van der Waals surface area contributed by atoms with Gasteiger partial charge in [0, 0.05) is 11.1 Å². The van der Waals surface area contributed by atoms with Crippen molar-refractivity contribution in [3.63, 3.8) is 0 Å². The van der Waals surface area contributed by atoms with Crippen molar-refractivity contribution in [2.75, 3.05) is 11.9 Å². The highest BCUT2D eigenvalue weighted by Gasteiger charge is 2.20. The molecule has 4 rings (SSSR count). The minimum Gasteiger partial charge on any atom is -0.462 e. The number of benzene rings is 2. The fourth-order valence-corrected chi connectivity index (χ4v) is 3.92. The van der Waals surface area contributed by atoms with Gasteiger partial charge in [0.1, 0.15) is 12.1 Å². The van der Waals surface area contributed by atoms with Gasteiger partial charge in [-0.1, -0.05) is 19.9 Å². The Bertz CT molecular complexity index is 1500. The Morgan fingerprint density at radius 3 is 2.42 bits per heavy atom. The Labute approximate surface area is 208 Å². The molecule has 0 radical (unpaired) electrons. The largest absolute Gasteiger partial charge is 0.462 e. The molecule has 0 spiro atoms. The zero-order valence-electron chi connectivity index (χ0n) is 21.0. The first-order chi connectivity index (χ1) is 17.2. The van der Waals surface area contributed by atoms with Crippen LogP contribution in [-0.4, -0.2) is 38.0 Å². The lowest BCUT2D eigenvalue weighted by Crippen LogP contribution is -2.31. The standard InChI is InChI=1S/C27H29N5O4/c1-6-36-27(35)19-8-10-20(11-9-19)29-23(33)15-31-26(34)25-22(24(30-31)16(2)3)14-28-32(25)21-12-7-17(4)18(5)13-21/h7-14,16H,6,15H2,1-5H3,(H,29,33). The number of amides is 1. The number of aromatic nitrogens is 4. The van der Waals surface area contributed by atoms with Crippen LogP contribution in [0.3, 0.4) is 0 Å². The first-order valence-electron chi connectivity index (χ1n) is 11.8. The van der Waals surface area contributed by atoms with Gasteiger partial charge in [-0.3, -0.25) is 9.59 Å². The Hall–Kier alpha value is -4.27. The van der Waals surface area contributed by atoms with Crippen LogP contribution in [0.5, 0.6) is 0 Å². The predicted molar refractivity (Wildman–Crippen MR) is 138 cm³/mol. The number of hydrogen-bond donors (Lipinski definition) is 1. The second kappa shape index (κ2) is 10.2. The number of aryl methyl sites for hydroxylation is 2. The summed E-state index contributed by atoms with van der Waals surface area (Å²) in [5.74, 6) is -0.837. The number of nitrogens with one attached hydrogen (secondary N) is 1. The maximum Gasteiger partial charge on any atom is 0.338 e. The molecule has 4 aromatic rings. The molecule has 0 aliphatic carbocycles. The maximum atomic E-state index is 13.5. The zero-order valence-corrected chi connectivity index (χ0v) is 21.0. The van der Waals surface area contributed by atoms with E-state index in [0.29, 0.717) is 27.8 Å². The van der Waals surface area contributed by atoms with Crippen LogP contribution in [-0.2, 0) is 16.1 Å². The molecule has 0 aliphatic rings. The highest BCUT2D eigenvalue weighted by atomic mass is 16.5. The van der Waals surface area contributed by atoms with Crippen LogP contribution >= 0.6 is 0 Å². The predicted octanol–water partition coefficient (Wildman–Crippen LogP) is 4.14. The van der Waals surface area contributed by atoms with E-state index in [1.807, 2.05) is 45.9 Å². The summed E-state index contributed by atoms with van der Waals surface area (Å²) >= 11 is 0. The molecule has 0 atom stereocenters. The van der Waals surface area contributed by atoms with E-state index in [1.54, 1.807) is 42.1 Å². The van der Waals surface area contributed by atoms with Crippen molar-refractivity contribution < 1.29 is 14.3 Å². The SMILES string of the molecule is CCOC(=O)c1ccc(NC(=O)Cn2nc(C(C)C)c3cnn(-c4ccc(C)c(C)c4)c3c2=O)cc1. The molecule has 0 unspecified atom stereocenters. The molecule has 0 saturated carbocycles. The third kappa shape index (κ3) is 4.91. The first-order valence-corrected chi connectivity index (χ1v) is 11.8. The Kier molecular flexibility index (Phi) is 7.00. The average Bonchev–Trinajstić information content (AvgIpc) is 3.28. The molecule has 2 aromatic heterocycles. The van der Waals surface area contributed by atoms with Gasteiger partial charge in [-0.2, -0.15) is 10.2 Å². The number of esters is 1. The Morgan fingerprint density at radius 1 is 1.06 bits per heavy atom. The first kappa shape index (κ1) is 24.8. The molecule has 0 fully saturated rings. The maximum absolute atomic E-state index is 13.5. The molecule has 0 saturated heterocycles. The van der Waals surface area contributed by atoms with E-state index < -0.39 is 17.4 Å². The summed E-state index contributed by atoms with van der Waals surface area (Å²) in [6, 6.07) is 12.2. The number of carbonyl (C=O) groups excluding carboxylic acids is 2. The van der Waals surface area contributed by atoms with Gasteiger partial charge in [0.15, 0.2) is 0 Å². The molecule has 0 aliphatic heterocycles.